The quantitative estimate of drug-likeness (QED) is 0.857. The molecule has 0 unspecified atom stereocenters. The minimum atomic E-state index is -0.187. The summed E-state index contributed by atoms with van der Waals surface area (Å²) >= 11 is 1.48. The second kappa shape index (κ2) is 7.02. The van der Waals surface area contributed by atoms with E-state index in [9.17, 15) is 4.79 Å². The molecule has 1 heterocycles. The van der Waals surface area contributed by atoms with Gasteiger partial charge in [0.25, 0.3) is 5.91 Å². The lowest BCUT2D eigenvalue weighted by Gasteiger charge is -2.01. The molecule has 1 aromatic heterocycles. The van der Waals surface area contributed by atoms with Crippen LogP contribution in [0.1, 0.15) is 33.4 Å². The second-order valence-electron chi connectivity index (χ2n) is 4.37. The Morgan fingerprint density at radius 3 is 2.67 bits per heavy atom. The number of thiazole rings is 1. The summed E-state index contributed by atoms with van der Waals surface area (Å²) < 4.78 is 0. The van der Waals surface area contributed by atoms with E-state index in [0.717, 1.165) is 22.6 Å². The molecule has 108 valence electrons. The average molecular weight is 300 g/mol. The van der Waals surface area contributed by atoms with Gasteiger partial charge in [-0.1, -0.05) is 18.8 Å². The third-order valence-corrected chi connectivity index (χ3v) is 3.84. The Hall–Kier alpha value is -2.16. The average Bonchev–Trinajstić information content (AvgIpc) is 2.85. The van der Waals surface area contributed by atoms with Crippen LogP contribution in [0.5, 0.6) is 0 Å². The smallest absolute Gasteiger partial charge is 0.257 e. The molecular formula is C16H16N2O2S. The molecule has 0 saturated heterocycles. The van der Waals surface area contributed by atoms with Crippen LogP contribution in [0.3, 0.4) is 0 Å². The van der Waals surface area contributed by atoms with Crippen LogP contribution < -0.4 is 5.32 Å². The van der Waals surface area contributed by atoms with Crippen molar-refractivity contribution in [2.45, 2.75) is 20.3 Å². The Labute approximate surface area is 127 Å². The van der Waals surface area contributed by atoms with Crippen LogP contribution in [-0.2, 0) is 6.42 Å². The zero-order valence-electron chi connectivity index (χ0n) is 11.9. The fourth-order valence-electron chi connectivity index (χ4n) is 1.83. The van der Waals surface area contributed by atoms with Gasteiger partial charge in [0.05, 0.1) is 5.69 Å². The van der Waals surface area contributed by atoms with Crippen LogP contribution in [0.25, 0.3) is 0 Å². The molecule has 2 aromatic rings. The summed E-state index contributed by atoms with van der Waals surface area (Å²) in [6, 6.07) is 6.92. The van der Waals surface area contributed by atoms with Crippen molar-refractivity contribution in [3.63, 3.8) is 0 Å². The van der Waals surface area contributed by atoms with Gasteiger partial charge in [0.2, 0.25) is 0 Å². The monoisotopic (exact) mass is 300 g/mol. The molecule has 0 aliphatic carbocycles. The van der Waals surface area contributed by atoms with E-state index < -0.39 is 0 Å². The fourth-order valence-corrected chi connectivity index (χ4v) is 2.72. The van der Waals surface area contributed by atoms with E-state index >= 15 is 0 Å². The number of aliphatic hydroxyl groups excluding tert-OH is 1. The topological polar surface area (TPSA) is 62.2 Å². The van der Waals surface area contributed by atoms with Crippen molar-refractivity contribution in [3.05, 3.63) is 46.0 Å². The molecule has 0 radical (unpaired) electrons. The first-order valence-electron chi connectivity index (χ1n) is 6.61. The number of hydrogen-bond donors (Lipinski definition) is 2. The van der Waals surface area contributed by atoms with E-state index in [1.54, 1.807) is 24.3 Å². The summed E-state index contributed by atoms with van der Waals surface area (Å²) in [6.45, 7) is 3.87. The number of amides is 1. The zero-order chi connectivity index (χ0) is 15.2. The van der Waals surface area contributed by atoms with Gasteiger partial charge in [-0.25, -0.2) is 4.98 Å². The van der Waals surface area contributed by atoms with Crippen molar-refractivity contribution < 1.29 is 9.90 Å². The van der Waals surface area contributed by atoms with Crippen LogP contribution in [-0.4, -0.2) is 22.6 Å². The minimum absolute atomic E-state index is 0.175. The van der Waals surface area contributed by atoms with Crippen molar-refractivity contribution in [1.29, 1.82) is 0 Å². The molecule has 0 saturated carbocycles. The van der Waals surface area contributed by atoms with E-state index in [1.807, 2.05) is 13.8 Å². The van der Waals surface area contributed by atoms with Gasteiger partial charge in [0.1, 0.15) is 6.61 Å². The minimum Gasteiger partial charge on any atom is -0.384 e. The summed E-state index contributed by atoms with van der Waals surface area (Å²) in [5.41, 5.74) is 2.33. The zero-order valence-corrected chi connectivity index (χ0v) is 12.8. The molecule has 0 atom stereocenters. The highest BCUT2D eigenvalue weighted by atomic mass is 32.1. The van der Waals surface area contributed by atoms with Crippen molar-refractivity contribution in [1.82, 2.24) is 4.98 Å². The van der Waals surface area contributed by atoms with Gasteiger partial charge in [-0.15, -0.1) is 11.3 Å². The molecule has 0 aliphatic rings. The van der Waals surface area contributed by atoms with Gasteiger partial charge in [0.15, 0.2) is 5.13 Å². The van der Waals surface area contributed by atoms with Gasteiger partial charge in [-0.2, -0.15) is 0 Å². The number of nitrogens with zero attached hydrogens (tertiary/aromatic N) is 1. The van der Waals surface area contributed by atoms with Gasteiger partial charge in [-0.3, -0.25) is 10.1 Å². The number of carbonyl (C=O) groups excluding carboxylic acids is 1. The number of hydrogen-bond acceptors (Lipinski definition) is 4. The van der Waals surface area contributed by atoms with Crippen molar-refractivity contribution in [2.75, 3.05) is 11.9 Å². The van der Waals surface area contributed by atoms with Gasteiger partial charge < -0.3 is 5.11 Å². The van der Waals surface area contributed by atoms with Crippen molar-refractivity contribution in [2.24, 2.45) is 0 Å². The van der Waals surface area contributed by atoms with Crippen LogP contribution in [0.2, 0.25) is 0 Å². The number of aryl methyl sites for hydroxylation is 2. The van der Waals surface area contributed by atoms with Crippen LogP contribution >= 0.6 is 11.3 Å². The van der Waals surface area contributed by atoms with Crippen LogP contribution in [0.4, 0.5) is 5.13 Å². The number of benzene rings is 1. The Balaban J connectivity index is 2.09. The maximum Gasteiger partial charge on any atom is 0.257 e. The van der Waals surface area contributed by atoms with Crippen molar-refractivity contribution >= 4 is 22.4 Å². The summed E-state index contributed by atoms with van der Waals surface area (Å²) in [5.74, 6) is 5.16. The summed E-state index contributed by atoms with van der Waals surface area (Å²) in [5, 5.41) is 12.1. The van der Waals surface area contributed by atoms with Crippen molar-refractivity contribution in [3.8, 4) is 11.8 Å². The molecule has 1 aromatic carbocycles. The fraction of sp³-hybridized carbons (Fsp3) is 0.250. The molecule has 0 aliphatic heterocycles. The summed E-state index contributed by atoms with van der Waals surface area (Å²) in [7, 11) is 0. The highest BCUT2D eigenvalue weighted by Crippen LogP contribution is 2.22. The van der Waals surface area contributed by atoms with E-state index in [2.05, 4.69) is 22.1 Å². The lowest BCUT2D eigenvalue weighted by Crippen LogP contribution is -2.11. The largest absolute Gasteiger partial charge is 0.384 e. The highest BCUT2D eigenvalue weighted by molar-refractivity contribution is 7.15. The first-order chi connectivity index (χ1) is 10.1. The number of carbonyl (C=O) groups is 1. The van der Waals surface area contributed by atoms with Crippen LogP contribution in [0, 0.1) is 18.8 Å². The molecule has 5 heteroatoms. The molecule has 2 N–H and O–H groups in total. The first-order valence-corrected chi connectivity index (χ1v) is 7.43. The predicted octanol–water partition coefficient (Wildman–Crippen LogP) is 2.61. The van der Waals surface area contributed by atoms with E-state index in [4.69, 9.17) is 5.11 Å². The molecule has 1 amide bonds. The molecule has 21 heavy (non-hydrogen) atoms. The normalized spacial score (nSPS) is 9.86. The Bertz CT molecular complexity index is 693. The second-order valence-corrected chi connectivity index (χ2v) is 5.57. The third kappa shape index (κ3) is 3.91. The molecule has 0 fully saturated rings. The number of aliphatic hydroxyl groups is 1. The Morgan fingerprint density at radius 1 is 1.38 bits per heavy atom. The van der Waals surface area contributed by atoms with Gasteiger partial charge >= 0.3 is 0 Å². The third-order valence-electron chi connectivity index (χ3n) is 2.91. The maximum absolute atomic E-state index is 12.1. The molecule has 0 spiro atoms. The summed E-state index contributed by atoms with van der Waals surface area (Å²) in [4.78, 5) is 17.6. The number of anilines is 1. The van der Waals surface area contributed by atoms with Gasteiger partial charge in [-0.05, 0) is 37.6 Å². The van der Waals surface area contributed by atoms with Crippen LogP contribution in [0.15, 0.2) is 24.3 Å². The molecule has 4 nitrogen and oxygen atoms in total. The van der Waals surface area contributed by atoms with E-state index in [1.165, 1.54) is 11.3 Å². The SMILES string of the molecule is CCc1nc(NC(=O)c2ccc(C#CCO)cc2)sc1C. The van der Waals surface area contributed by atoms with E-state index in [-0.39, 0.29) is 12.5 Å². The van der Waals surface area contributed by atoms with Gasteiger partial charge in [0, 0.05) is 16.0 Å². The molecule has 2 rings (SSSR count). The first kappa shape index (κ1) is 15.2. The lowest BCUT2D eigenvalue weighted by atomic mass is 10.1. The standard InChI is InChI=1S/C16H16N2O2S/c1-3-14-11(2)21-16(17-14)18-15(20)13-8-6-12(7-9-13)5-4-10-19/h6-9,19H,3,10H2,1-2H3,(H,17,18,20). The highest BCUT2D eigenvalue weighted by Gasteiger charge is 2.10. The Kier molecular flexibility index (Phi) is 5.09. The molecule has 0 bridgehead atoms. The number of aromatic nitrogens is 1. The Morgan fingerprint density at radius 2 is 2.10 bits per heavy atom. The predicted molar refractivity (Wildman–Crippen MR) is 84.6 cm³/mol. The number of nitrogens with one attached hydrogen (secondary N) is 1. The lowest BCUT2D eigenvalue weighted by molar-refractivity contribution is 0.102. The maximum atomic E-state index is 12.1. The van der Waals surface area contributed by atoms with E-state index in [0.29, 0.717) is 10.7 Å². The molecular weight excluding hydrogens is 284 g/mol. The summed E-state index contributed by atoms with van der Waals surface area (Å²) in [6.07, 6.45) is 0.858. The number of rotatable bonds is 3.